The lowest BCUT2D eigenvalue weighted by Crippen LogP contribution is -2.59. The Morgan fingerprint density at radius 1 is 0.532 bits per heavy atom. The second kappa shape index (κ2) is 17.1. The first-order chi connectivity index (χ1) is 22.4. The highest BCUT2D eigenvalue weighted by atomic mass is 16.4. The number of carboxylic acids is 1. The molecule has 0 unspecified atom stereocenters. The van der Waals surface area contributed by atoms with E-state index in [-0.39, 0.29) is 36.5 Å². The quantitative estimate of drug-likeness (QED) is 0.0880. The zero-order valence-electron chi connectivity index (χ0n) is 25.1. The summed E-state index contributed by atoms with van der Waals surface area (Å²) >= 11 is 0. The van der Waals surface area contributed by atoms with Crippen LogP contribution in [0.2, 0.25) is 0 Å². The summed E-state index contributed by atoms with van der Waals surface area (Å²) in [5.74, 6) is -4.86. The first-order valence-electron chi connectivity index (χ1n) is 14.5. The number of nitrogens with one attached hydrogen (secondary N) is 4. The Bertz CT molecular complexity index is 1530. The molecule has 0 radical (unpaired) electrons. The number of aliphatic hydroxyl groups excluding tert-OH is 1. The SMILES string of the molecule is NCC(=O)N[C@@H](CO)C(=O)N[C@@H](Cc1ccc(O)cc1)C(=O)N[C@@H](Cc1ccc(O)cc1)C(=O)N[C@@H](Cc1ccc(O)cc1)C(=O)O. The number of hydrogen-bond donors (Lipinski definition) is 10. The van der Waals surface area contributed by atoms with Crippen LogP contribution in [-0.4, -0.2) is 92.4 Å². The maximum absolute atomic E-state index is 13.7. The number of carbonyl (C=O) groups excluding carboxylic acids is 4. The van der Waals surface area contributed by atoms with E-state index in [4.69, 9.17) is 5.73 Å². The van der Waals surface area contributed by atoms with Gasteiger partial charge in [-0.05, 0) is 53.1 Å². The summed E-state index contributed by atoms with van der Waals surface area (Å²) in [5, 5.41) is 58.1. The number of carboxylic acid groups (broad SMARTS) is 1. The Labute approximate surface area is 269 Å². The van der Waals surface area contributed by atoms with Crippen molar-refractivity contribution in [2.24, 2.45) is 5.73 Å². The van der Waals surface area contributed by atoms with Crippen molar-refractivity contribution in [2.45, 2.75) is 43.4 Å². The molecule has 4 amide bonds. The van der Waals surface area contributed by atoms with Crippen molar-refractivity contribution in [3.8, 4) is 17.2 Å². The molecule has 15 heteroatoms. The second-order valence-electron chi connectivity index (χ2n) is 10.6. The van der Waals surface area contributed by atoms with E-state index < -0.39 is 66.9 Å². The maximum Gasteiger partial charge on any atom is 0.326 e. The highest BCUT2D eigenvalue weighted by Crippen LogP contribution is 2.15. The number of aliphatic hydroxyl groups is 1. The third-order valence-electron chi connectivity index (χ3n) is 7.03. The molecule has 4 atom stereocenters. The lowest BCUT2D eigenvalue weighted by atomic mass is 10.0. The molecule has 0 saturated heterocycles. The van der Waals surface area contributed by atoms with E-state index in [1.165, 1.54) is 72.8 Å². The number of benzene rings is 3. The lowest BCUT2D eigenvalue weighted by molar-refractivity contribution is -0.142. The molecule has 0 saturated carbocycles. The zero-order chi connectivity index (χ0) is 34.5. The van der Waals surface area contributed by atoms with Gasteiger partial charge >= 0.3 is 5.97 Å². The van der Waals surface area contributed by atoms with Crippen molar-refractivity contribution in [3.05, 3.63) is 89.5 Å². The minimum absolute atomic E-state index is 0.0256. The van der Waals surface area contributed by atoms with Crippen LogP contribution in [0.1, 0.15) is 16.7 Å². The van der Waals surface area contributed by atoms with Crippen molar-refractivity contribution in [1.82, 2.24) is 21.3 Å². The van der Waals surface area contributed by atoms with Gasteiger partial charge in [0.05, 0.1) is 13.2 Å². The molecule has 0 aliphatic carbocycles. The van der Waals surface area contributed by atoms with Crippen molar-refractivity contribution in [3.63, 3.8) is 0 Å². The fraction of sp³-hybridized carbons (Fsp3) is 0.281. The van der Waals surface area contributed by atoms with Gasteiger partial charge in [-0.25, -0.2) is 4.79 Å². The number of rotatable bonds is 16. The molecule has 0 spiro atoms. The topological polar surface area (TPSA) is 261 Å². The number of nitrogens with two attached hydrogens (primary N) is 1. The lowest BCUT2D eigenvalue weighted by Gasteiger charge is -2.26. The molecule has 3 rings (SSSR count). The van der Waals surface area contributed by atoms with E-state index in [1.54, 1.807) is 0 Å². The van der Waals surface area contributed by atoms with E-state index in [9.17, 15) is 49.5 Å². The van der Waals surface area contributed by atoms with Crippen LogP contribution in [0, 0.1) is 0 Å². The van der Waals surface area contributed by atoms with Crippen molar-refractivity contribution in [2.75, 3.05) is 13.2 Å². The molecule has 0 bridgehead atoms. The number of hydrogen-bond acceptors (Lipinski definition) is 10. The molecule has 0 aliphatic rings. The standard InChI is InChI=1S/C32H37N5O10/c33-16-28(42)34-27(17-38)31(45)36-24(13-18-1-7-21(39)8-2-18)29(43)35-25(14-19-3-9-22(40)10-4-19)30(44)37-26(32(46)47)15-20-5-11-23(41)12-6-20/h1-12,24-27,38-41H,13-17,33H2,(H,34,42)(H,35,43)(H,36,45)(H,37,44)(H,46,47)/t24-,25-,26-,27-/m0/s1. The number of amides is 4. The largest absolute Gasteiger partial charge is 0.508 e. The van der Waals surface area contributed by atoms with Gasteiger partial charge in [0.15, 0.2) is 0 Å². The Morgan fingerprint density at radius 2 is 0.851 bits per heavy atom. The van der Waals surface area contributed by atoms with Gasteiger partial charge in [-0.2, -0.15) is 0 Å². The second-order valence-corrected chi connectivity index (χ2v) is 10.6. The average molecular weight is 652 g/mol. The van der Waals surface area contributed by atoms with Gasteiger partial charge in [0.25, 0.3) is 0 Å². The summed E-state index contributed by atoms with van der Waals surface area (Å²) in [6.07, 6.45) is -0.431. The van der Waals surface area contributed by atoms with E-state index >= 15 is 0 Å². The normalized spacial score (nSPS) is 13.3. The highest BCUT2D eigenvalue weighted by Gasteiger charge is 2.31. The average Bonchev–Trinajstić information content (AvgIpc) is 3.05. The van der Waals surface area contributed by atoms with Gasteiger partial charge < -0.3 is 52.5 Å². The Balaban J connectivity index is 1.89. The Hall–Kier alpha value is -5.67. The summed E-state index contributed by atoms with van der Waals surface area (Å²) in [6.45, 7) is -1.27. The van der Waals surface area contributed by atoms with E-state index in [1.807, 2.05) is 0 Å². The van der Waals surface area contributed by atoms with Crippen molar-refractivity contribution < 1.29 is 49.5 Å². The van der Waals surface area contributed by atoms with E-state index in [2.05, 4.69) is 21.3 Å². The fourth-order valence-corrected chi connectivity index (χ4v) is 4.49. The number of aromatic hydroxyl groups is 3. The summed E-state index contributed by atoms with van der Waals surface area (Å²) < 4.78 is 0. The van der Waals surface area contributed by atoms with Crippen LogP contribution in [0.15, 0.2) is 72.8 Å². The van der Waals surface area contributed by atoms with Crippen LogP contribution < -0.4 is 27.0 Å². The van der Waals surface area contributed by atoms with Crippen molar-refractivity contribution in [1.29, 1.82) is 0 Å². The van der Waals surface area contributed by atoms with Gasteiger partial charge in [-0.1, -0.05) is 36.4 Å². The smallest absolute Gasteiger partial charge is 0.326 e. The molecule has 250 valence electrons. The van der Waals surface area contributed by atoms with Gasteiger partial charge in [0, 0.05) is 19.3 Å². The first kappa shape index (κ1) is 35.8. The number of phenols is 3. The molecule has 3 aromatic rings. The molecule has 15 nitrogen and oxygen atoms in total. The minimum atomic E-state index is -1.45. The van der Waals surface area contributed by atoms with Gasteiger partial charge in [0.1, 0.15) is 41.4 Å². The van der Waals surface area contributed by atoms with Gasteiger partial charge in [-0.3, -0.25) is 19.2 Å². The molecule has 0 aromatic heterocycles. The van der Waals surface area contributed by atoms with E-state index in [0.29, 0.717) is 16.7 Å². The van der Waals surface area contributed by atoms with Gasteiger partial charge in [-0.15, -0.1) is 0 Å². The first-order valence-corrected chi connectivity index (χ1v) is 14.5. The summed E-state index contributed by atoms with van der Waals surface area (Å²) in [5.41, 5.74) is 6.79. The number of phenolic OH excluding ortho intramolecular Hbond substituents is 3. The van der Waals surface area contributed by atoms with Crippen LogP contribution in [-0.2, 0) is 43.2 Å². The fourth-order valence-electron chi connectivity index (χ4n) is 4.49. The summed E-state index contributed by atoms with van der Waals surface area (Å²) in [6, 6.07) is 11.6. The number of carbonyl (C=O) groups is 5. The third kappa shape index (κ3) is 11.3. The van der Waals surface area contributed by atoms with Crippen LogP contribution in [0.25, 0.3) is 0 Å². The van der Waals surface area contributed by atoms with Crippen LogP contribution in [0.5, 0.6) is 17.2 Å². The molecule has 11 N–H and O–H groups in total. The van der Waals surface area contributed by atoms with Crippen molar-refractivity contribution >= 4 is 29.6 Å². The van der Waals surface area contributed by atoms with Crippen LogP contribution in [0.4, 0.5) is 0 Å². The number of aliphatic carboxylic acids is 1. The highest BCUT2D eigenvalue weighted by molar-refractivity contribution is 5.95. The van der Waals surface area contributed by atoms with Crippen LogP contribution in [0.3, 0.4) is 0 Å². The molecule has 0 aliphatic heterocycles. The molecular formula is C32H37N5O10. The third-order valence-corrected chi connectivity index (χ3v) is 7.03. The molecule has 0 heterocycles. The molecular weight excluding hydrogens is 614 g/mol. The molecule has 47 heavy (non-hydrogen) atoms. The van der Waals surface area contributed by atoms with E-state index in [0.717, 1.165) is 0 Å². The summed E-state index contributed by atoms with van der Waals surface area (Å²) in [4.78, 5) is 64.2. The van der Waals surface area contributed by atoms with Crippen LogP contribution >= 0.6 is 0 Å². The Kier molecular flexibility index (Phi) is 13.1. The Morgan fingerprint density at radius 3 is 1.17 bits per heavy atom. The monoisotopic (exact) mass is 651 g/mol. The maximum atomic E-state index is 13.7. The van der Waals surface area contributed by atoms with Gasteiger partial charge in [0.2, 0.25) is 23.6 Å². The summed E-state index contributed by atoms with van der Waals surface area (Å²) in [7, 11) is 0. The predicted octanol–water partition coefficient (Wildman–Crippen LogP) is -1.19. The minimum Gasteiger partial charge on any atom is -0.508 e. The predicted molar refractivity (Wildman–Crippen MR) is 167 cm³/mol. The molecule has 3 aromatic carbocycles. The zero-order valence-corrected chi connectivity index (χ0v) is 25.1. The molecule has 0 fully saturated rings.